The number of aromatic nitrogens is 2. The zero-order chi connectivity index (χ0) is 20.8. The smallest absolute Gasteiger partial charge is 0.311 e. The first-order chi connectivity index (χ1) is 14.7. The molecule has 2 aromatic carbocycles. The summed E-state index contributed by atoms with van der Waals surface area (Å²) in [6, 6.07) is 10.6. The van der Waals surface area contributed by atoms with Gasteiger partial charge in [-0.05, 0) is 24.3 Å². The van der Waals surface area contributed by atoms with E-state index in [-0.39, 0.29) is 0 Å². The van der Waals surface area contributed by atoms with E-state index in [1.165, 1.54) is 0 Å². The number of hydrogen-bond acceptors (Lipinski definition) is 7. The lowest BCUT2D eigenvalue weighted by molar-refractivity contribution is 0.0224. The number of nitrogens with zero attached hydrogens (tertiary/aromatic N) is 2. The molecule has 30 heavy (non-hydrogen) atoms. The van der Waals surface area contributed by atoms with Crippen molar-refractivity contribution in [2.75, 3.05) is 45.0 Å². The van der Waals surface area contributed by atoms with Gasteiger partial charge in [-0.25, -0.2) is 4.98 Å². The average molecular weight is 408 g/mol. The minimum atomic E-state index is -0.858. The highest BCUT2D eigenvalue weighted by Gasteiger charge is 2.15. The summed E-state index contributed by atoms with van der Waals surface area (Å²) >= 11 is 0. The van der Waals surface area contributed by atoms with Crippen molar-refractivity contribution in [3.8, 4) is 23.8 Å². The molecule has 0 bridgehead atoms. The van der Waals surface area contributed by atoms with Crippen LogP contribution < -0.4 is 14.8 Å². The predicted molar refractivity (Wildman–Crippen MR) is 110 cm³/mol. The molecule has 0 spiro atoms. The number of hydrogen-bond donors (Lipinski definition) is 1. The Morgan fingerprint density at radius 1 is 0.900 bits per heavy atom. The second kappa shape index (κ2) is 9.39. The summed E-state index contributed by atoms with van der Waals surface area (Å²) in [4.78, 5) is 7.83. The van der Waals surface area contributed by atoms with Crippen LogP contribution in [0, 0.1) is 18.4 Å². The van der Waals surface area contributed by atoms with Crippen LogP contribution in [0.5, 0.6) is 11.5 Å². The molecular weight excluding hydrogens is 388 g/mol. The van der Waals surface area contributed by atoms with Crippen molar-refractivity contribution in [1.29, 1.82) is 0 Å². The van der Waals surface area contributed by atoms with Crippen molar-refractivity contribution in [3.05, 3.63) is 48.0 Å². The summed E-state index contributed by atoms with van der Waals surface area (Å²) in [5.41, 5.74) is 1.76. The Morgan fingerprint density at radius 2 is 1.60 bits per heavy atom. The molecule has 0 saturated carbocycles. The van der Waals surface area contributed by atoms with Crippen LogP contribution in [0.15, 0.2) is 36.4 Å². The predicted octanol–water partition coefficient (Wildman–Crippen LogP) is 3.30. The van der Waals surface area contributed by atoms with Gasteiger partial charge in [0.1, 0.15) is 19.0 Å². The zero-order valence-corrected chi connectivity index (χ0v) is 16.2. The van der Waals surface area contributed by atoms with Crippen LogP contribution in [0.25, 0.3) is 10.9 Å². The van der Waals surface area contributed by atoms with E-state index in [1.807, 2.05) is 12.1 Å². The Kier molecular flexibility index (Phi) is 6.23. The third-order valence-corrected chi connectivity index (χ3v) is 4.37. The quantitative estimate of drug-likeness (QED) is 0.515. The van der Waals surface area contributed by atoms with Crippen LogP contribution in [0.3, 0.4) is 0 Å². The molecule has 1 aliphatic rings. The standard InChI is InChI=1S/C22H20FN3O4/c1-2-15-4-3-5-16(12-15)24-21-17-13-19-20(14-18(17)25-22(23)26-21)30-11-9-28-7-6-27-8-10-29-19/h1,3-5,12-14H,6-11H2,(H,24,25,26)/i23-1. The highest BCUT2D eigenvalue weighted by atomic mass is 18.2. The maximum absolute atomic E-state index is 14.1. The van der Waals surface area contributed by atoms with Gasteiger partial charge in [0.2, 0.25) is 0 Å². The van der Waals surface area contributed by atoms with Crippen LogP contribution in [-0.2, 0) is 9.47 Å². The normalized spacial score (nSPS) is 14.9. The molecule has 154 valence electrons. The lowest BCUT2D eigenvalue weighted by Gasteiger charge is -2.17. The average Bonchev–Trinajstić information content (AvgIpc) is 2.74. The number of benzene rings is 2. The van der Waals surface area contributed by atoms with Gasteiger partial charge in [-0.3, -0.25) is 0 Å². The number of fused-ring (bicyclic) bond motifs is 2. The summed E-state index contributed by atoms with van der Waals surface area (Å²) in [5.74, 6) is 3.80. The number of halogens is 1. The Balaban J connectivity index is 1.72. The molecule has 7 nitrogen and oxygen atoms in total. The fourth-order valence-electron chi connectivity index (χ4n) is 3.00. The number of anilines is 2. The molecule has 1 N–H and O–H groups in total. The van der Waals surface area contributed by atoms with Crippen molar-refractivity contribution in [1.82, 2.24) is 9.97 Å². The van der Waals surface area contributed by atoms with Crippen LogP contribution in [0.2, 0.25) is 0 Å². The second-order valence-corrected chi connectivity index (χ2v) is 6.43. The van der Waals surface area contributed by atoms with Gasteiger partial charge in [0.25, 0.3) is 0 Å². The van der Waals surface area contributed by atoms with E-state index in [0.717, 1.165) is 0 Å². The summed E-state index contributed by atoms with van der Waals surface area (Å²) in [6.45, 7) is 2.44. The Bertz CT molecular complexity index is 1080. The molecule has 0 radical (unpaired) electrons. The van der Waals surface area contributed by atoms with Gasteiger partial charge >= 0.3 is 6.08 Å². The molecule has 1 aliphatic heterocycles. The minimum Gasteiger partial charge on any atom is -0.487 e. The highest BCUT2D eigenvalue weighted by molar-refractivity contribution is 5.93. The number of terminal acetylenes is 1. The number of ether oxygens (including phenoxy) is 4. The van der Waals surface area contributed by atoms with Gasteiger partial charge in [0.15, 0.2) is 11.5 Å². The topological polar surface area (TPSA) is 74.7 Å². The molecule has 0 saturated heterocycles. The largest absolute Gasteiger partial charge is 0.487 e. The molecule has 8 heteroatoms. The summed E-state index contributed by atoms with van der Waals surface area (Å²) < 4.78 is 36.7. The van der Waals surface area contributed by atoms with E-state index in [0.29, 0.717) is 79.1 Å². The lowest BCUT2D eigenvalue weighted by Crippen LogP contribution is -2.16. The van der Waals surface area contributed by atoms with E-state index in [9.17, 15) is 4.39 Å². The van der Waals surface area contributed by atoms with Crippen molar-refractivity contribution in [2.24, 2.45) is 0 Å². The third-order valence-electron chi connectivity index (χ3n) is 4.37. The van der Waals surface area contributed by atoms with Crippen LogP contribution >= 0.6 is 0 Å². The molecule has 2 heterocycles. The van der Waals surface area contributed by atoms with Gasteiger partial charge in [0.05, 0.1) is 31.9 Å². The van der Waals surface area contributed by atoms with E-state index >= 15 is 0 Å². The fourth-order valence-corrected chi connectivity index (χ4v) is 3.00. The molecule has 0 aliphatic carbocycles. The van der Waals surface area contributed by atoms with Crippen molar-refractivity contribution in [3.63, 3.8) is 0 Å². The first kappa shape index (κ1) is 19.9. The molecular formula is C22H20FN3O4. The van der Waals surface area contributed by atoms with Crippen molar-refractivity contribution < 1.29 is 23.3 Å². The highest BCUT2D eigenvalue weighted by Crippen LogP contribution is 2.35. The van der Waals surface area contributed by atoms with E-state index in [4.69, 9.17) is 25.4 Å². The first-order valence-corrected chi connectivity index (χ1v) is 9.49. The van der Waals surface area contributed by atoms with Gasteiger partial charge in [-0.2, -0.15) is 9.37 Å². The van der Waals surface area contributed by atoms with E-state index in [1.54, 1.807) is 24.3 Å². The number of rotatable bonds is 2. The van der Waals surface area contributed by atoms with Crippen LogP contribution in [0.1, 0.15) is 5.56 Å². The van der Waals surface area contributed by atoms with Gasteiger partial charge in [0, 0.05) is 22.7 Å². The molecule has 0 unspecified atom stereocenters. The SMILES string of the molecule is C#Cc1cccc(Nc2nc([18F])nc3cc4c(cc23)OCCOCCOCCO4)c1. The zero-order valence-electron chi connectivity index (χ0n) is 16.2. The van der Waals surface area contributed by atoms with Crippen LogP contribution in [-0.4, -0.2) is 49.6 Å². The van der Waals surface area contributed by atoms with E-state index in [2.05, 4.69) is 21.2 Å². The lowest BCUT2D eigenvalue weighted by atomic mass is 10.2. The van der Waals surface area contributed by atoms with Gasteiger partial charge < -0.3 is 24.3 Å². The van der Waals surface area contributed by atoms with E-state index < -0.39 is 6.08 Å². The Labute approximate surface area is 173 Å². The molecule has 3 aromatic rings. The summed E-state index contributed by atoms with van der Waals surface area (Å²) in [7, 11) is 0. The first-order valence-electron chi connectivity index (χ1n) is 9.49. The van der Waals surface area contributed by atoms with Gasteiger partial charge in [-0.1, -0.05) is 12.0 Å². The molecule has 1 aromatic heterocycles. The molecule has 0 fully saturated rings. The molecule has 4 rings (SSSR count). The van der Waals surface area contributed by atoms with Gasteiger partial charge in [-0.15, -0.1) is 6.42 Å². The maximum atomic E-state index is 14.1. The fraction of sp³-hybridized carbons (Fsp3) is 0.273. The van der Waals surface area contributed by atoms with Crippen molar-refractivity contribution in [2.45, 2.75) is 0 Å². The third kappa shape index (κ3) is 4.76. The van der Waals surface area contributed by atoms with Crippen molar-refractivity contribution >= 4 is 22.4 Å². The second-order valence-electron chi connectivity index (χ2n) is 6.43. The molecule has 0 amide bonds. The summed E-state index contributed by atoms with van der Waals surface area (Å²) in [5, 5.41) is 3.69. The summed E-state index contributed by atoms with van der Waals surface area (Å²) in [6.07, 6.45) is 4.60. The maximum Gasteiger partial charge on any atom is 0.311 e. The Hall–Kier alpha value is -3.41. The number of nitrogens with one attached hydrogen (secondary N) is 1. The minimum absolute atomic E-state index is 0.295. The Morgan fingerprint density at radius 3 is 2.33 bits per heavy atom. The van der Waals surface area contributed by atoms with Crippen LogP contribution in [0.4, 0.5) is 15.9 Å². The molecule has 0 atom stereocenters. The monoisotopic (exact) mass is 408 g/mol.